The van der Waals surface area contributed by atoms with E-state index < -0.39 is 217 Å². The van der Waals surface area contributed by atoms with Gasteiger partial charge in [0.15, 0.2) is 12.1 Å². The number of hydrogen-bond acceptors (Lipinski definition) is 26. The summed E-state index contributed by atoms with van der Waals surface area (Å²) in [5.41, 5.74) is 0.662. The summed E-state index contributed by atoms with van der Waals surface area (Å²) in [6.45, 7) is 19.1. The second kappa shape index (κ2) is 58.6. The van der Waals surface area contributed by atoms with Crippen LogP contribution in [-0.4, -0.2) is 304 Å². The topological polar surface area (TPSA) is 624 Å². The van der Waals surface area contributed by atoms with Gasteiger partial charge in [-0.2, -0.15) is 0 Å². The van der Waals surface area contributed by atoms with E-state index in [1.54, 1.807) is 106 Å². The number of carbonyl (C=O) groups excluding carboxylic acids is 19. The molecule has 3 aromatic carbocycles. The maximum Gasteiger partial charge on any atom is 0.407 e. The van der Waals surface area contributed by atoms with Crippen molar-refractivity contribution in [2.45, 2.75) is 309 Å². The van der Waals surface area contributed by atoms with E-state index in [1.165, 1.54) is 39.0 Å². The van der Waals surface area contributed by atoms with E-state index in [2.05, 4.69) is 63.8 Å². The van der Waals surface area contributed by atoms with Gasteiger partial charge < -0.3 is 118 Å². The molecule has 0 radical (unpaired) electrons. The van der Waals surface area contributed by atoms with Crippen LogP contribution in [-0.2, 0) is 101 Å². The highest BCUT2D eigenvalue weighted by molar-refractivity contribution is 6.40. The van der Waals surface area contributed by atoms with Crippen LogP contribution in [0.2, 0.25) is 0 Å². The molecule has 7 unspecified atom stereocenters. The average molecular weight is 2100 g/mol. The molecular weight excluding hydrogens is 1950 g/mol. The lowest BCUT2D eigenvalue weighted by molar-refractivity contribution is -0.145. The fraction of sp³-hybridized carbons (Fsp3) is 0.632. The van der Waals surface area contributed by atoms with E-state index in [4.69, 9.17) is 14.2 Å². The largest absolute Gasteiger partial charge is 0.479 e. The highest BCUT2D eigenvalue weighted by atomic mass is 16.6. The highest BCUT2D eigenvalue weighted by Gasteiger charge is 2.70. The van der Waals surface area contributed by atoms with Gasteiger partial charge in [-0.05, 0) is 128 Å². The zero-order valence-electron chi connectivity index (χ0n) is 88.2. The molecule has 0 bridgehead atoms. The van der Waals surface area contributed by atoms with Crippen molar-refractivity contribution >= 4 is 124 Å². The summed E-state index contributed by atoms with van der Waals surface area (Å²) in [4.78, 5) is 279. The van der Waals surface area contributed by atoms with Crippen molar-refractivity contribution in [2.75, 3.05) is 73.2 Å². The number of aliphatic carboxylic acids is 2. The Balaban J connectivity index is 0.000000274. The van der Waals surface area contributed by atoms with Crippen molar-refractivity contribution in [1.82, 2.24) is 83.4 Å². The van der Waals surface area contributed by atoms with Crippen LogP contribution in [0, 0.1) is 46.3 Å². The molecule has 826 valence electrons. The summed E-state index contributed by atoms with van der Waals surface area (Å²) in [5, 5.41) is 70.0. The van der Waals surface area contributed by atoms with Crippen LogP contribution < -0.4 is 63.8 Å². The minimum Gasteiger partial charge on any atom is -0.479 e. The summed E-state index contributed by atoms with van der Waals surface area (Å²) in [5.74, 6) is -15.7. The number of nitrogens with one attached hydrogen (secondary N) is 12. The maximum atomic E-state index is 14.3. The number of aliphatic hydroxyl groups is 2. The minimum absolute atomic E-state index is 0.0586. The first-order chi connectivity index (χ1) is 71.1. The number of ether oxygens (including phenoxy) is 3. The van der Waals surface area contributed by atoms with Crippen LogP contribution in [0.5, 0.6) is 0 Å². The molecule has 44 nitrogen and oxygen atoms in total. The van der Waals surface area contributed by atoms with Gasteiger partial charge in [0.05, 0.1) is 69.8 Å². The number of likely N-dealkylation sites (N-methyl/N-ethyl adjacent to an activating group) is 1. The second-order valence-electron chi connectivity index (χ2n) is 41.9. The molecule has 7 fully saturated rings. The molecule has 16 atom stereocenters. The molecule has 16 amide bonds. The molecule has 7 aliphatic rings. The monoisotopic (exact) mass is 2100 g/mol. The number of alkyl carbamates (subject to hydrolysis) is 3. The Hall–Kier alpha value is -13.6. The Morgan fingerprint density at radius 3 is 1.05 bits per heavy atom. The summed E-state index contributed by atoms with van der Waals surface area (Å²) < 4.78 is 15.8. The molecule has 150 heavy (non-hydrogen) atoms. The summed E-state index contributed by atoms with van der Waals surface area (Å²) in [6.07, 6.45) is 9.79. The number of carboxylic acids is 2. The van der Waals surface area contributed by atoms with Gasteiger partial charge in [0.2, 0.25) is 76.4 Å². The molecule has 0 aromatic heterocycles. The first kappa shape index (κ1) is 122. The first-order valence-corrected chi connectivity index (χ1v) is 52.3. The predicted molar refractivity (Wildman–Crippen MR) is 544 cm³/mol. The van der Waals surface area contributed by atoms with Gasteiger partial charge in [0.1, 0.15) is 42.3 Å². The number of nitrogens with zero attached hydrogens (tertiary/aromatic N) is 4. The number of hydrogen-bond donors (Lipinski definition) is 16. The van der Waals surface area contributed by atoms with Gasteiger partial charge in [0.25, 0.3) is 17.7 Å². The number of aliphatic hydroxyl groups excluding tert-OH is 2. The number of β-amino-alcohol motifs (C(OH)–C–C–N with tert-alkyl or cyclic N) is 2. The van der Waals surface area contributed by atoms with E-state index in [-0.39, 0.29) is 123 Å². The molecule has 3 aliphatic heterocycles. The number of piperidine rings is 1. The number of likely N-dealkylation sites (tertiary alicyclic amines) is 3. The van der Waals surface area contributed by atoms with E-state index in [0.29, 0.717) is 68.2 Å². The SMILES string of the molecule is CCCC(NC(=O)C1C[C@@H](O)CN1C(=O)[C@@H](NC(=O)OCC(C)(C)C)C1CCCCC1)C(=O)C(=O)NCC(=O)N[C@H](C(=O)O)c1ccccc1.CCCC(NC(=O)C1C[C@@H](O)CN1C(=O)[C@@H](NC(=O)OCC)C1CCCCC1)C(=O)C(=O)NCC(=O)N[C@H](C(=O)O)c1ccccc1.CCCC(NC(=O)C1[C@@H]2[C@H](CN1C(=O)[C@@H](NC(=O)OCC(C)C)C1CCCCC1)C2(C)C)C(=O)C(=O)NCC(=O)NC(C(=O)N(C)C)c1ccccc1. The van der Waals surface area contributed by atoms with Crippen LogP contribution in [0.1, 0.15) is 259 Å². The third kappa shape index (κ3) is 35.8. The molecule has 4 aliphatic carbocycles. The van der Waals surface area contributed by atoms with Gasteiger partial charge >= 0.3 is 30.2 Å². The smallest absolute Gasteiger partial charge is 0.407 e. The molecule has 10 rings (SSSR count). The Kier molecular flexibility index (Phi) is 47.5. The van der Waals surface area contributed by atoms with Crippen LogP contribution >= 0.6 is 0 Å². The van der Waals surface area contributed by atoms with Gasteiger partial charge in [0, 0.05) is 46.6 Å². The lowest BCUT2D eigenvalue weighted by Crippen LogP contribution is -2.59. The van der Waals surface area contributed by atoms with E-state index >= 15 is 0 Å². The third-order valence-electron chi connectivity index (χ3n) is 28.0. The lowest BCUT2D eigenvalue weighted by atomic mass is 9.83. The van der Waals surface area contributed by atoms with Crippen LogP contribution in [0.15, 0.2) is 91.0 Å². The fourth-order valence-electron chi connectivity index (χ4n) is 20.0. The average Bonchev–Trinajstić information content (AvgIpc) is 1.52. The quantitative estimate of drug-likeness (QED) is 0.0265. The van der Waals surface area contributed by atoms with Gasteiger partial charge in [-0.3, -0.25) is 76.7 Å². The molecule has 3 saturated heterocycles. The van der Waals surface area contributed by atoms with Crippen molar-refractivity contribution in [3.05, 3.63) is 108 Å². The van der Waals surface area contributed by atoms with E-state index in [0.717, 1.165) is 70.6 Å². The molecule has 4 saturated carbocycles. The fourth-order valence-corrected chi connectivity index (χ4v) is 20.0. The normalized spacial score (nSPS) is 20.6. The molecule has 3 aromatic rings. The Bertz CT molecular complexity index is 5160. The number of benzene rings is 3. The third-order valence-corrected chi connectivity index (χ3v) is 28.0. The molecule has 3 heterocycles. The molecule has 16 N–H and O–H groups in total. The number of ketones is 3. The van der Waals surface area contributed by atoms with Gasteiger partial charge in [-0.15, -0.1) is 0 Å². The van der Waals surface area contributed by atoms with Crippen molar-refractivity contribution in [1.29, 1.82) is 0 Å². The highest BCUT2D eigenvalue weighted by Crippen LogP contribution is 2.65. The lowest BCUT2D eigenvalue weighted by Gasteiger charge is -2.37. The Morgan fingerprint density at radius 2 is 0.733 bits per heavy atom. The number of carbonyl (C=O) groups is 21. The van der Waals surface area contributed by atoms with Crippen LogP contribution in [0.4, 0.5) is 14.4 Å². The summed E-state index contributed by atoms with van der Waals surface area (Å²) in [6, 6.07) is 10.9. The summed E-state index contributed by atoms with van der Waals surface area (Å²) >= 11 is 0. The maximum absolute atomic E-state index is 14.3. The zero-order valence-corrected chi connectivity index (χ0v) is 88.2. The molecular formula is C106H154N16O28. The van der Waals surface area contributed by atoms with Crippen molar-refractivity contribution in [2.24, 2.45) is 46.3 Å². The standard InChI is InChI=1S/C39H58N6O8.C35H51N5O10.C32H45N5O10/c1-8-15-27(33(47)35(49)40-20-28(46)42-30(36(50)44(6)7)24-16-11-9-12-17-24)41-34(48)32-29-26(39(29,4)5)21-45(32)37(51)31(25-18-13-10-14-19-25)43-38(52)53-22-23(2)3;1-5-12-24(29(43)31(45)36-18-26(42)38-28(33(47)48)22-15-10-7-11-16-22)37-30(44)25-17-23(41)19-40(25)32(46)27(21-13-8-6-9-14-21)39-34(49)50-20-35(2,3)4;1-3-11-22(27(40)29(42)33-17-24(39)35-26(31(44)45)20-14-9-6-10-15-20)34-28(41)23-16-21(38)18-37(23)30(43)25(36-32(46)47-4-2)19-12-7-5-8-13-19/h9,11-12,16-17,23,25-27,29-32H,8,10,13-15,18-22H2,1-7H3,(H,40,49)(H,41,48)(H,42,46)(H,43,52);7,10-11,15-16,21,23-25,27-28,41H,5-6,8-9,12-14,17-20H2,1-4H3,(H,36,45)(H,37,44)(H,38,42)(H,39,49)(H,47,48);6,9-10,14-15,19,21-23,25-26,38H,3-5,7-8,11-13,16-18H2,1-2H3,(H,33,42)(H,34,41)(H,35,39)(H,36,46)(H,44,45)/t26-,27?,29-,30?,31-,32?;23-,24?,25?,27+,28+;21-,22?,23?,25+,26+/m011/s1. The van der Waals surface area contributed by atoms with Gasteiger partial charge in [-0.1, -0.05) is 237 Å². The predicted octanol–water partition coefficient (Wildman–Crippen LogP) is 4.85. The van der Waals surface area contributed by atoms with Gasteiger partial charge in [-0.25, -0.2) is 24.0 Å². The van der Waals surface area contributed by atoms with Crippen molar-refractivity contribution in [3.63, 3.8) is 0 Å². The van der Waals surface area contributed by atoms with Crippen LogP contribution in [0.3, 0.4) is 0 Å². The Labute approximate surface area is 874 Å². The molecule has 0 spiro atoms. The zero-order chi connectivity index (χ0) is 111. The van der Waals surface area contributed by atoms with Crippen molar-refractivity contribution in [3.8, 4) is 0 Å². The second-order valence-corrected chi connectivity index (χ2v) is 41.9. The number of amides is 16. The van der Waals surface area contributed by atoms with Crippen LogP contribution in [0.25, 0.3) is 0 Å². The number of carboxylic acid groups (broad SMARTS) is 2. The number of fused-ring (bicyclic) bond motifs is 1. The Morgan fingerprint density at radius 1 is 0.413 bits per heavy atom. The number of Topliss-reactive ketones (excluding diaryl/α,β-unsaturated/α-hetero) is 3. The molecule has 44 heteroatoms. The number of rotatable bonds is 46. The summed E-state index contributed by atoms with van der Waals surface area (Å²) in [7, 11) is 3.13. The minimum atomic E-state index is -1.38. The van der Waals surface area contributed by atoms with E-state index in [1.807, 2.05) is 55.4 Å². The first-order valence-electron chi connectivity index (χ1n) is 52.3. The van der Waals surface area contributed by atoms with E-state index in [9.17, 15) is 121 Å². The van der Waals surface area contributed by atoms with Crippen molar-refractivity contribution < 1.29 is 135 Å².